The molecule has 1 N–H and O–H groups in total. The summed E-state index contributed by atoms with van der Waals surface area (Å²) in [4.78, 5) is 6.48. The molecule has 0 spiro atoms. The third kappa shape index (κ3) is 3.72. The van der Waals surface area contributed by atoms with Gasteiger partial charge in [0.2, 0.25) is 0 Å². The topological polar surface area (TPSA) is 53.9 Å². The van der Waals surface area contributed by atoms with E-state index in [1.54, 1.807) is 11.3 Å². The standard InChI is InChI=1S/C11H17N5S2/c1-3-4-12-11-10(14-15-18-11)6-16(2)5-9-7-17-8-13-9/h7-8,12H,3-6H2,1-2H3. The lowest BCUT2D eigenvalue weighted by molar-refractivity contribution is 0.312. The Balaban J connectivity index is 1.90. The zero-order chi connectivity index (χ0) is 12.8. The van der Waals surface area contributed by atoms with E-state index >= 15 is 0 Å². The molecule has 0 unspecified atom stereocenters. The van der Waals surface area contributed by atoms with Gasteiger partial charge in [0.05, 0.1) is 11.2 Å². The summed E-state index contributed by atoms with van der Waals surface area (Å²) in [6.45, 7) is 4.75. The Morgan fingerprint density at radius 3 is 3.00 bits per heavy atom. The van der Waals surface area contributed by atoms with Crippen molar-refractivity contribution in [2.45, 2.75) is 26.4 Å². The molecule has 0 aliphatic carbocycles. The maximum absolute atomic E-state index is 4.29. The molecule has 0 radical (unpaired) electrons. The number of anilines is 1. The lowest BCUT2D eigenvalue weighted by Gasteiger charge is -2.14. The van der Waals surface area contributed by atoms with Crippen LogP contribution >= 0.6 is 22.9 Å². The van der Waals surface area contributed by atoms with E-state index in [-0.39, 0.29) is 0 Å². The van der Waals surface area contributed by atoms with Gasteiger partial charge in [0.1, 0.15) is 10.7 Å². The van der Waals surface area contributed by atoms with E-state index in [9.17, 15) is 0 Å². The molecule has 0 atom stereocenters. The van der Waals surface area contributed by atoms with E-state index < -0.39 is 0 Å². The quantitative estimate of drug-likeness (QED) is 0.846. The molecule has 0 fully saturated rings. The van der Waals surface area contributed by atoms with E-state index in [1.165, 1.54) is 11.5 Å². The molecule has 7 heteroatoms. The van der Waals surface area contributed by atoms with Crippen LogP contribution in [-0.4, -0.2) is 33.1 Å². The van der Waals surface area contributed by atoms with Crippen molar-refractivity contribution in [1.29, 1.82) is 0 Å². The second-order valence-electron chi connectivity index (χ2n) is 4.13. The first-order chi connectivity index (χ1) is 8.79. The maximum atomic E-state index is 4.29. The van der Waals surface area contributed by atoms with E-state index in [2.05, 4.69) is 44.1 Å². The third-order valence-corrected chi connectivity index (χ3v) is 3.79. The smallest absolute Gasteiger partial charge is 0.134 e. The Labute approximate surface area is 115 Å². The molecule has 0 saturated carbocycles. The van der Waals surface area contributed by atoms with E-state index in [0.717, 1.165) is 42.4 Å². The summed E-state index contributed by atoms with van der Waals surface area (Å²) < 4.78 is 4.01. The van der Waals surface area contributed by atoms with Crippen molar-refractivity contribution in [1.82, 2.24) is 19.5 Å². The van der Waals surface area contributed by atoms with Crippen molar-refractivity contribution in [2.75, 3.05) is 18.9 Å². The van der Waals surface area contributed by atoms with Crippen LogP contribution < -0.4 is 5.32 Å². The maximum Gasteiger partial charge on any atom is 0.134 e. The molecule has 0 aliphatic rings. The van der Waals surface area contributed by atoms with E-state index in [0.29, 0.717) is 0 Å². The highest BCUT2D eigenvalue weighted by atomic mass is 32.1. The monoisotopic (exact) mass is 283 g/mol. The van der Waals surface area contributed by atoms with Crippen molar-refractivity contribution in [3.8, 4) is 0 Å². The molecule has 0 amide bonds. The van der Waals surface area contributed by atoms with Crippen LogP contribution in [0.4, 0.5) is 5.00 Å². The Morgan fingerprint density at radius 2 is 2.28 bits per heavy atom. The number of aromatic nitrogens is 3. The lowest BCUT2D eigenvalue weighted by atomic mass is 10.3. The molecule has 18 heavy (non-hydrogen) atoms. The van der Waals surface area contributed by atoms with Crippen molar-refractivity contribution < 1.29 is 0 Å². The molecule has 0 aliphatic heterocycles. The largest absolute Gasteiger partial charge is 0.374 e. The second-order valence-corrected chi connectivity index (χ2v) is 5.60. The Kier molecular flexibility index (Phi) is 5.03. The van der Waals surface area contributed by atoms with Crippen LogP contribution in [0.15, 0.2) is 10.9 Å². The number of nitrogens with zero attached hydrogens (tertiary/aromatic N) is 4. The summed E-state index contributed by atoms with van der Waals surface area (Å²) >= 11 is 3.05. The first-order valence-electron chi connectivity index (χ1n) is 5.90. The molecule has 0 bridgehead atoms. The highest BCUT2D eigenvalue weighted by Crippen LogP contribution is 2.19. The molecular formula is C11H17N5S2. The van der Waals surface area contributed by atoms with Gasteiger partial charge in [0.15, 0.2) is 0 Å². The molecular weight excluding hydrogens is 266 g/mol. The van der Waals surface area contributed by atoms with Crippen molar-refractivity contribution in [3.63, 3.8) is 0 Å². The summed E-state index contributed by atoms with van der Waals surface area (Å²) in [5.41, 5.74) is 3.99. The number of thiazole rings is 1. The lowest BCUT2D eigenvalue weighted by Crippen LogP contribution is -2.18. The molecule has 2 aromatic heterocycles. The minimum Gasteiger partial charge on any atom is -0.374 e. The van der Waals surface area contributed by atoms with Crippen molar-refractivity contribution in [3.05, 3.63) is 22.3 Å². The average molecular weight is 283 g/mol. The van der Waals surface area contributed by atoms with Gasteiger partial charge in [-0.25, -0.2) is 4.98 Å². The highest BCUT2D eigenvalue weighted by molar-refractivity contribution is 7.10. The highest BCUT2D eigenvalue weighted by Gasteiger charge is 2.10. The normalized spacial score (nSPS) is 11.1. The zero-order valence-electron chi connectivity index (χ0n) is 10.6. The van der Waals surface area contributed by atoms with Crippen molar-refractivity contribution in [2.24, 2.45) is 0 Å². The first-order valence-corrected chi connectivity index (χ1v) is 7.62. The Hall–Kier alpha value is -1.05. The Morgan fingerprint density at radius 1 is 1.39 bits per heavy atom. The minimum absolute atomic E-state index is 0.792. The molecule has 2 rings (SSSR count). The summed E-state index contributed by atoms with van der Waals surface area (Å²) in [5, 5.41) is 10.7. The van der Waals surface area contributed by atoms with Crippen molar-refractivity contribution >= 4 is 27.9 Å². The molecule has 5 nitrogen and oxygen atoms in total. The molecule has 2 aromatic rings. The number of rotatable bonds is 7. The average Bonchev–Trinajstić information content (AvgIpc) is 2.98. The SMILES string of the molecule is CCCNc1snnc1CN(C)Cc1cscn1. The second kappa shape index (κ2) is 6.77. The van der Waals surface area contributed by atoms with Gasteiger partial charge in [-0.3, -0.25) is 4.90 Å². The van der Waals surface area contributed by atoms with E-state index in [1.807, 2.05) is 5.51 Å². The predicted molar refractivity (Wildman–Crippen MR) is 76.0 cm³/mol. The van der Waals surface area contributed by atoms with Gasteiger partial charge >= 0.3 is 0 Å². The minimum atomic E-state index is 0.792. The summed E-state index contributed by atoms with van der Waals surface area (Å²) in [5.74, 6) is 0. The summed E-state index contributed by atoms with van der Waals surface area (Å²) in [6, 6.07) is 0. The number of hydrogen-bond acceptors (Lipinski definition) is 7. The van der Waals surface area contributed by atoms with E-state index in [4.69, 9.17) is 0 Å². The molecule has 98 valence electrons. The predicted octanol–water partition coefficient (Wildman–Crippen LogP) is 2.45. The molecule has 2 heterocycles. The fourth-order valence-electron chi connectivity index (χ4n) is 1.59. The van der Waals surface area contributed by atoms with Crippen LogP contribution in [0.3, 0.4) is 0 Å². The zero-order valence-corrected chi connectivity index (χ0v) is 12.2. The van der Waals surface area contributed by atoms with Crippen LogP contribution in [0.1, 0.15) is 24.7 Å². The van der Waals surface area contributed by atoms with Gasteiger partial charge in [0, 0.05) is 36.5 Å². The molecule has 0 aromatic carbocycles. The fourth-order valence-corrected chi connectivity index (χ4v) is 2.74. The van der Waals surface area contributed by atoms with Crippen LogP contribution in [0, 0.1) is 0 Å². The summed E-state index contributed by atoms with van der Waals surface area (Å²) in [6.07, 6.45) is 1.10. The van der Waals surface area contributed by atoms with Gasteiger partial charge in [-0.1, -0.05) is 11.4 Å². The first kappa shape index (κ1) is 13.4. The van der Waals surface area contributed by atoms with Gasteiger partial charge in [-0.15, -0.1) is 16.4 Å². The van der Waals surface area contributed by atoms with Crippen LogP contribution in [-0.2, 0) is 13.1 Å². The third-order valence-electron chi connectivity index (χ3n) is 2.43. The Bertz CT molecular complexity index is 454. The van der Waals surface area contributed by atoms with Crippen LogP contribution in [0.25, 0.3) is 0 Å². The van der Waals surface area contributed by atoms with Crippen LogP contribution in [0.5, 0.6) is 0 Å². The fraction of sp³-hybridized carbons (Fsp3) is 0.545. The van der Waals surface area contributed by atoms with Crippen LogP contribution in [0.2, 0.25) is 0 Å². The number of nitrogens with one attached hydrogen (secondary N) is 1. The number of hydrogen-bond donors (Lipinski definition) is 1. The molecule has 0 saturated heterocycles. The van der Waals surface area contributed by atoms with Gasteiger partial charge in [-0.2, -0.15) is 0 Å². The van der Waals surface area contributed by atoms with Gasteiger partial charge in [-0.05, 0) is 13.5 Å². The van der Waals surface area contributed by atoms with Gasteiger partial charge in [0.25, 0.3) is 0 Å². The van der Waals surface area contributed by atoms with Gasteiger partial charge < -0.3 is 5.32 Å². The summed E-state index contributed by atoms with van der Waals surface area (Å²) in [7, 11) is 2.07.